The first-order chi connectivity index (χ1) is 8.47. The maximum Gasteiger partial charge on any atom is 0.243 e. The normalized spacial score (nSPS) is 11.3. The van der Waals surface area contributed by atoms with Gasteiger partial charge in [0, 0.05) is 22.8 Å². The smallest absolute Gasteiger partial charge is 0.243 e. The van der Waals surface area contributed by atoms with Crippen molar-refractivity contribution in [3.63, 3.8) is 0 Å². The summed E-state index contributed by atoms with van der Waals surface area (Å²) in [5, 5.41) is 5.65. The SMILES string of the molecule is CC(C)(N)C(=O)Nc1cccc(-c2nccs2)c1. The molecule has 0 fully saturated rings. The van der Waals surface area contributed by atoms with Gasteiger partial charge in [-0.2, -0.15) is 0 Å². The fraction of sp³-hybridized carbons (Fsp3) is 0.231. The number of amides is 1. The summed E-state index contributed by atoms with van der Waals surface area (Å²) >= 11 is 1.56. The third-order valence-electron chi connectivity index (χ3n) is 2.38. The molecule has 5 heteroatoms. The Bertz CT molecular complexity index is 544. The molecule has 2 aromatic rings. The van der Waals surface area contributed by atoms with Crippen LogP contribution in [-0.2, 0) is 4.79 Å². The molecule has 0 aliphatic rings. The Balaban J connectivity index is 2.21. The lowest BCUT2D eigenvalue weighted by Gasteiger charge is -2.17. The number of nitrogens with two attached hydrogens (primary N) is 1. The lowest BCUT2D eigenvalue weighted by Crippen LogP contribution is -2.45. The van der Waals surface area contributed by atoms with Crippen LogP contribution in [0.2, 0.25) is 0 Å². The van der Waals surface area contributed by atoms with Crippen LogP contribution in [-0.4, -0.2) is 16.4 Å². The van der Waals surface area contributed by atoms with Crippen molar-refractivity contribution in [1.82, 2.24) is 4.98 Å². The van der Waals surface area contributed by atoms with E-state index in [0.29, 0.717) is 0 Å². The molecule has 1 aromatic heterocycles. The van der Waals surface area contributed by atoms with Crippen LogP contribution >= 0.6 is 11.3 Å². The van der Waals surface area contributed by atoms with Gasteiger partial charge in [0.2, 0.25) is 5.91 Å². The molecule has 0 radical (unpaired) electrons. The Morgan fingerprint density at radius 3 is 2.83 bits per heavy atom. The van der Waals surface area contributed by atoms with Gasteiger partial charge < -0.3 is 11.1 Å². The molecule has 2 rings (SSSR count). The summed E-state index contributed by atoms with van der Waals surface area (Å²) in [7, 11) is 0. The predicted octanol–water partition coefficient (Wildman–Crippen LogP) is 2.49. The van der Waals surface area contributed by atoms with Gasteiger partial charge in [-0.25, -0.2) is 4.98 Å². The van der Waals surface area contributed by atoms with Crippen molar-refractivity contribution in [2.75, 3.05) is 5.32 Å². The lowest BCUT2D eigenvalue weighted by atomic mass is 10.1. The van der Waals surface area contributed by atoms with Crippen molar-refractivity contribution < 1.29 is 4.79 Å². The van der Waals surface area contributed by atoms with E-state index in [4.69, 9.17) is 5.73 Å². The summed E-state index contributed by atoms with van der Waals surface area (Å²) in [6, 6.07) is 7.57. The Labute approximate surface area is 110 Å². The molecule has 18 heavy (non-hydrogen) atoms. The van der Waals surface area contributed by atoms with Gasteiger partial charge in [0.1, 0.15) is 5.01 Å². The first-order valence-corrected chi connectivity index (χ1v) is 6.45. The minimum atomic E-state index is -0.892. The summed E-state index contributed by atoms with van der Waals surface area (Å²) < 4.78 is 0. The molecule has 0 spiro atoms. The van der Waals surface area contributed by atoms with Gasteiger partial charge in [-0.15, -0.1) is 11.3 Å². The predicted molar refractivity (Wildman–Crippen MR) is 74.4 cm³/mol. The van der Waals surface area contributed by atoms with Crippen molar-refractivity contribution in [3.05, 3.63) is 35.8 Å². The van der Waals surface area contributed by atoms with Crippen LogP contribution in [0, 0.1) is 0 Å². The molecule has 0 atom stereocenters. The fourth-order valence-corrected chi connectivity index (χ4v) is 2.02. The zero-order valence-corrected chi connectivity index (χ0v) is 11.1. The van der Waals surface area contributed by atoms with Crippen molar-refractivity contribution in [2.24, 2.45) is 5.73 Å². The first kappa shape index (κ1) is 12.7. The number of benzene rings is 1. The van der Waals surface area contributed by atoms with Crippen LogP contribution in [0.1, 0.15) is 13.8 Å². The number of carbonyl (C=O) groups is 1. The molecule has 3 N–H and O–H groups in total. The van der Waals surface area contributed by atoms with E-state index >= 15 is 0 Å². The van der Waals surface area contributed by atoms with E-state index in [-0.39, 0.29) is 5.91 Å². The van der Waals surface area contributed by atoms with E-state index in [1.54, 1.807) is 31.4 Å². The highest BCUT2D eigenvalue weighted by Crippen LogP contribution is 2.24. The molecule has 0 unspecified atom stereocenters. The third-order valence-corrected chi connectivity index (χ3v) is 3.21. The average molecular weight is 261 g/mol. The van der Waals surface area contributed by atoms with Gasteiger partial charge in [0.15, 0.2) is 0 Å². The van der Waals surface area contributed by atoms with Crippen LogP contribution in [0.15, 0.2) is 35.8 Å². The van der Waals surface area contributed by atoms with Crippen LogP contribution in [0.3, 0.4) is 0 Å². The topological polar surface area (TPSA) is 68.0 Å². The van der Waals surface area contributed by atoms with E-state index in [0.717, 1.165) is 16.3 Å². The first-order valence-electron chi connectivity index (χ1n) is 5.57. The Kier molecular flexibility index (Phi) is 3.45. The number of rotatable bonds is 3. The molecule has 0 aliphatic carbocycles. The number of nitrogens with one attached hydrogen (secondary N) is 1. The Morgan fingerprint density at radius 1 is 1.44 bits per heavy atom. The average Bonchev–Trinajstić information content (AvgIpc) is 2.81. The second-order valence-corrected chi connectivity index (χ2v) is 5.49. The number of hydrogen-bond donors (Lipinski definition) is 2. The fourth-order valence-electron chi connectivity index (χ4n) is 1.39. The van der Waals surface area contributed by atoms with Gasteiger partial charge in [-0.3, -0.25) is 4.79 Å². The molecule has 0 bridgehead atoms. The third kappa shape index (κ3) is 2.94. The number of carbonyl (C=O) groups excluding carboxylic acids is 1. The number of nitrogens with zero attached hydrogens (tertiary/aromatic N) is 1. The van der Waals surface area contributed by atoms with Crippen molar-refractivity contribution in [2.45, 2.75) is 19.4 Å². The summed E-state index contributed by atoms with van der Waals surface area (Å²) in [4.78, 5) is 16.0. The monoisotopic (exact) mass is 261 g/mol. The van der Waals surface area contributed by atoms with E-state index in [1.807, 2.05) is 29.6 Å². The van der Waals surface area contributed by atoms with Crippen LogP contribution in [0.25, 0.3) is 10.6 Å². The molecular formula is C13H15N3OS. The molecule has 4 nitrogen and oxygen atoms in total. The molecular weight excluding hydrogens is 246 g/mol. The number of aromatic nitrogens is 1. The maximum atomic E-state index is 11.8. The summed E-state index contributed by atoms with van der Waals surface area (Å²) in [6.45, 7) is 3.35. The van der Waals surface area contributed by atoms with Gasteiger partial charge in [-0.1, -0.05) is 12.1 Å². The number of anilines is 1. The Morgan fingerprint density at radius 2 is 2.22 bits per heavy atom. The van der Waals surface area contributed by atoms with E-state index < -0.39 is 5.54 Å². The molecule has 1 heterocycles. The highest BCUT2D eigenvalue weighted by atomic mass is 32.1. The van der Waals surface area contributed by atoms with E-state index in [1.165, 1.54) is 0 Å². The zero-order valence-electron chi connectivity index (χ0n) is 10.3. The quantitative estimate of drug-likeness (QED) is 0.892. The summed E-state index contributed by atoms with van der Waals surface area (Å²) in [5.41, 5.74) is 6.56. The highest BCUT2D eigenvalue weighted by Gasteiger charge is 2.21. The van der Waals surface area contributed by atoms with E-state index in [9.17, 15) is 4.79 Å². The largest absolute Gasteiger partial charge is 0.324 e. The van der Waals surface area contributed by atoms with Crippen molar-refractivity contribution >= 4 is 22.9 Å². The highest BCUT2D eigenvalue weighted by molar-refractivity contribution is 7.13. The summed E-state index contributed by atoms with van der Waals surface area (Å²) in [6.07, 6.45) is 1.76. The zero-order chi connectivity index (χ0) is 13.2. The minimum Gasteiger partial charge on any atom is -0.324 e. The molecule has 94 valence electrons. The second kappa shape index (κ2) is 4.88. The van der Waals surface area contributed by atoms with Crippen LogP contribution in [0.5, 0.6) is 0 Å². The number of hydrogen-bond acceptors (Lipinski definition) is 4. The van der Waals surface area contributed by atoms with Crippen LogP contribution < -0.4 is 11.1 Å². The van der Waals surface area contributed by atoms with Gasteiger partial charge >= 0.3 is 0 Å². The van der Waals surface area contributed by atoms with Crippen molar-refractivity contribution in [3.8, 4) is 10.6 Å². The summed E-state index contributed by atoms with van der Waals surface area (Å²) in [5.74, 6) is -0.209. The van der Waals surface area contributed by atoms with Crippen LogP contribution in [0.4, 0.5) is 5.69 Å². The molecule has 0 saturated heterocycles. The van der Waals surface area contributed by atoms with E-state index in [2.05, 4.69) is 10.3 Å². The second-order valence-electron chi connectivity index (χ2n) is 4.59. The molecule has 1 amide bonds. The Hall–Kier alpha value is -1.72. The molecule has 0 saturated carbocycles. The van der Waals surface area contributed by atoms with Gasteiger partial charge in [-0.05, 0) is 26.0 Å². The maximum absolute atomic E-state index is 11.8. The standard InChI is InChI=1S/C13H15N3OS/c1-13(2,14)12(17)16-10-5-3-4-9(8-10)11-15-6-7-18-11/h3-8H,14H2,1-2H3,(H,16,17). The van der Waals surface area contributed by atoms with Crippen molar-refractivity contribution in [1.29, 1.82) is 0 Å². The lowest BCUT2D eigenvalue weighted by molar-refractivity contribution is -0.120. The minimum absolute atomic E-state index is 0.209. The van der Waals surface area contributed by atoms with Gasteiger partial charge in [0.25, 0.3) is 0 Å². The molecule has 1 aromatic carbocycles. The molecule has 0 aliphatic heterocycles. The van der Waals surface area contributed by atoms with Gasteiger partial charge in [0.05, 0.1) is 5.54 Å². The number of thiazole rings is 1.